The molecule has 1 rings (SSSR count). The molecule has 0 aliphatic heterocycles. The Morgan fingerprint density at radius 3 is 2.54 bits per heavy atom. The average molecular weight is 181 g/mol. The summed E-state index contributed by atoms with van der Waals surface area (Å²) in [6, 6.07) is 7.74. The van der Waals surface area contributed by atoms with Gasteiger partial charge in [-0.05, 0) is 17.7 Å². The van der Waals surface area contributed by atoms with Crippen LogP contribution in [0.15, 0.2) is 24.3 Å². The molecule has 0 amide bonds. The van der Waals surface area contributed by atoms with Crippen LogP contribution in [0.4, 0.5) is 5.69 Å². The molecule has 72 valence electrons. The van der Waals surface area contributed by atoms with Crippen molar-refractivity contribution in [3.05, 3.63) is 29.8 Å². The van der Waals surface area contributed by atoms with Crippen LogP contribution in [0.2, 0.25) is 0 Å². The maximum Gasteiger partial charge on any atom is 0.302 e. The lowest BCUT2D eigenvalue weighted by Crippen LogP contribution is -1.98. The summed E-state index contributed by atoms with van der Waals surface area (Å²) in [5.41, 5.74) is 2.04. The van der Waals surface area contributed by atoms with Crippen molar-refractivity contribution in [3.8, 4) is 0 Å². The zero-order valence-electron chi connectivity index (χ0n) is 7.83. The summed E-state index contributed by atoms with van der Waals surface area (Å²) in [6.07, 6.45) is 0. The Morgan fingerprint density at radius 2 is 2.08 bits per heavy atom. The molecule has 0 heterocycles. The monoisotopic (exact) mass is 181 g/mol. The third-order valence-electron chi connectivity index (χ3n) is 1.68. The molecule has 0 saturated heterocycles. The third-order valence-corrected chi connectivity index (χ3v) is 1.68. The number of anilines is 1. The molecular formula is C10H15NO2. The maximum absolute atomic E-state index is 10.5. The Bertz CT molecular complexity index is 285. The van der Waals surface area contributed by atoms with Gasteiger partial charge in [-0.1, -0.05) is 12.1 Å². The van der Waals surface area contributed by atoms with Crippen LogP contribution in [0.5, 0.6) is 0 Å². The predicted molar refractivity (Wildman–Crippen MR) is 53.6 cm³/mol. The number of benzene rings is 1. The molecule has 0 radical (unpaired) electrons. The van der Waals surface area contributed by atoms with E-state index in [1.807, 2.05) is 31.3 Å². The van der Waals surface area contributed by atoms with Crippen LogP contribution in [0.1, 0.15) is 13.9 Å². The second kappa shape index (κ2) is 4.50. The molecule has 1 aromatic rings. The van der Waals surface area contributed by atoms with Gasteiger partial charge in [0, 0.05) is 21.1 Å². The van der Waals surface area contributed by atoms with Crippen LogP contribution in [-0.2, 0) is 16.1 Å². The van der Waals surface area contributed by atoms with Crippen molar-refractivity contribution in [2.75, 3.05) is 12.4 Å². The van der Waals surface area contributed by atoms with Gasteiger partial charge in [-0.3, -0.25) is 4.79 Å². The predicted octanol–water partition coefficient (Wildman–Crippen LogP) is 2.04. The van der Waals surface area contributed by atoms with E-state index in [1.165, 1.54) is 6.92 Å². The normalized spacial score (nSPS) is 9.38. The topological polar surface area (TPSA) is 38.3 Å². The summed E-state index contributed by atoms with van der Waals surface area (Å²) < 4.78 is 4.84. The summed E-state index contributed by atoms with van der Waals surface area (Å²) in [7, 11) is 1.86. The van der Waals surface area contributed by atoms with E-state index >= 15 is 0 Å². The Labute approximate surface area is 79.2 Å². The first-order valence-electron chi connectivity index (χ1n) is 4.12. The fraction of sp³-hybridized carbons (Fsp3) is 0.300. The van der Waals surface area contributed by atoms with Crippen LogP contribution in [0.25, 0.3) is 0 Å². The summed E-state index contributed by atoms with van der Waals surface area (Å²) >= 11 is 0. The Morgan fingerprint density at radius 1 is 1.46 bits per heavy atom. The second-order valence-electron chi connectivity index (χ2n) is 2.73. The Balaban J connectivity index is 0.00000169. The van der Waals surface area contributed by atoms with E-state index in [0.29, 0.717) is 6.61 Å². The highest BCUT2D eigenvalue weighted by molar-refractivity contribution is 5.65. The minimum atomic E-state index is -0.252. The van der Waals surface area contributed by atoms with Crippen molar-refractivity contribution >= 4 is 11.7 Å². The minimum absolute atomic E-state index is 0. The molecule has 0 fully saturated rings. The third kappa shape index (κ3) is 3.15. The van der Waals surface area contributed by atoms with Crippen molar-refractivity contribution in [1.82, 2.24) is 0 Å². The number of nitrogens with one attached hydrogen (secondary N) is 1. The molecule has 1 aromatic carbocycles. The highest BCUT2D eigenvalue weighted by Crippen LogP contribution is 2.09. The van der Waals surface area contributed by atoms with E-state index in [9.17, 15) is 4.79 Å². The lowest BCUT2D eigenvalue weighted by Gasteiger charge is -2.03. The van der Waals surface area contributed by atoms with E-state index in [2.05, 4.69) is 5.32 Å². The quantitative estimate of drug-likeness (QED) is 0.725. The maximum atomic E-state index is 10.5. The van der Waals surface area contributed by atoms with Gasteiger partial charge < -0.3 is 10.1 Å². The molecule has 0 atom stereocenters. The highest BCUT2D eigenvalue weighted by atomic mass is 16.5. The van der Waals surface area contributed by atoms with E-state index in [-0.39, 0.29) is 7.40 Å². The van der Waals surface area contributed by atoms with Crippen LogP contribution in [-0.4, -0.2) is 13.0 Å². The van der Waals surface area contributed by atoms with E-state index in [0.717, 1.165) is 11.3 Å². The Hall–Kier alpha value is -1.51. The van der Waals surface area contributed by atoms with Gasteiger partial charge in [0.15, 0.2) is 0 Å². The minimum Gasteiger partial charge on any atom is -0.461 e. The molecule has 0 aromatic heterocycles. The lowest BCUT2D eigenvalue weighted by atomic mass is 10.2. The number of esters is 1. The average Bonchev–Trinajstić information content (AvgIpc) is 2.15. The largest absolute Gasteiger partial charge is 0.461 e. The number of rotatable bonds is 3. The molecule has 0 saturated carbocycles. The smallest absolute Gasteiger partial charge is 0.302 e. The van der Waals surface area contributed by atoms with E-state index in [1.54, 1.807) is 0 Å². The second-order valence-corrected chi connectivity index (χ2v) is 2.73. The lowest BCUT2D eigenvalue weighted by molar-refractivity contribution is -0.142. The van der Waals surface area contributed by atoms with Crippen LogP contribution < -0.4 is 5.32 Å². The molecule has 0 unspecified atom stereocenters. The van der Waals surface area contributed by atoms with Gasteiger partial charge in [-0.2, -0.15) is 0 Å². The van der Waals surface area contributed by atoms with Crippen LogP contribution in [0, 0.1) is 0 Å². The summed E-state index contributed by atoms with van der Waals surface area (Å²) in [4.78, 5) is 10.5. The summed E-state index contributed by atoms with van der Waals surface area (Å²) in [6.45, 7) is 1.75. The van der Waals surface area contributed by atoms with Crippen molar-refractivity contribution in [2.45, 2.75) is 13.5 Å². The number of hydrogen-bond donors (Lipinski definition) is 1. The first-order valence-corrected chi connectivity index (χ1v) is 4.12. The van der Waals surface area contributed by atoms with Gasteiger partial charge in [0.25, 0.3) is 0 Å². The van der Waals surface area contributed by atoms with Crippen molar-refractivity contribution < 1.29 is 11.0 Å². The van der Waals surface area contributed by atoms with E-state index < -0.39 is 0 Å². The van der Waals surface area contributed by atoms with Gasteiger partial charge in [0.05, 0.1) is 0 Å². The number of hydrogen-bond acceptors (Lipinski definition) is 3. The molecule has 1 N–H and O–H groups in total. The molecule has 3 heteroatoms. The Kier molecular flexibility index (Phi) is 3.31. The van der Waals surface area contributed by atoms with Crippen molar-refractivity contribution in [1.29, 1.82) is 0 Å². The molecule has 0 spiro atoms. The first-order chi connectivity index (χ1) is 6.22. The van der Waals surface area contributed by atoms with Crippen molar-refractivity contribution in [2.24, 2.45) is 0 Å². The van der Waals surface area contributed by atoms with Gasteiger partial charge in [-0.25, -0.2) is 0 Å². The highest BCUT2D eigenvalue weighted by Gasteiger charge is 1.95. The fourth-order valence-corrected chi connectivity index (χ4v) is 0.953. The number of ether oxygens (including phenoxy) is 1. The van der Waals surface area contributed by atoms with Crippen LogP contribution in [0.3, 0.4) is 0 Å². The van der Waals surface area contributed by atoms with Gasteiger partial charge in [0.1, 0.15) is 6.61 Å². The SMILES string of the molecule is CNc1ccc(COC(C)=O)cc1.[HH]. The van der Waals surface area contributed by atoms with Crippen LogP contribution >= 0.6 is 0 Å². The summed E-state index contributed by atoms with van der Waals surface area (Å²) in [5, 5.41) is 3.01. The molecule has 3 nitrogen and oxygen atoms in total. The summed E-state index contributed by atoms with van der Waals surface area (Å²) in [5.74, 6) is -0.252. The molecule has 0 bridgehead atoms. The zero-order valence-corrected chi connectivity index (χ0v) is 7.83. The molecule has 0 aliphatic rings. The number of carbonyl (C=O) groups excluding carboxylic acids is 1. The first kappa shape index (κ1) is 9.58. The van der Waals surface area contributed by atoms with Gasteiger partial charge in [-0.15, -0.1) is 0 Å². The van der Waals surface area contributed by atoms with Crippen molar-refractivity contribution in [3.63, 3.8) is 0 Å². The van der Waals surface area contributed by atoms with Gasteiger partial charge >= 0.3 is 5.97 Å². The van der Waals surface area contributed by atoms with Gasteiger partial charge in [0.2, 0.25) is 0 Å². The fourth-order valence-electron chi connectivity index (χ4n) is 0.953. The molecule has 13 heavy (non-hydrogen) atoms. The number of carbonyl (C=O) groups is 1. The molecular weight excluding hydrogens is 166 g/mol. The zero-order chi connectivity index (χ0) is 9.68. The van der Waals surface area contributed by atoms with E-state index in [4.69, 9.17) is 4.74 Å². The molecule has 0 aliphatic carbocycles. The standard InChI is InChI=1S/C10H13NO2.H2/c1-8(12)13-7-9-3-5-10(11-2)6-4-9;/h3-6,11H,7H2,1-2H3;1H.